The molecule has 2 aliphatic carbocycles. The largest absolute Gasteiger partial charge is 0.457 e. The van der Waals surface area contributed by atoms with E-state index in [1.54, 1.807) is 0 Å². The van der Waals surface area contributed by atoms with Gasteiger partial charge in [0.15, 0.2) is 0 Å². The van der Waals surface area contributed by atoms with Gasteiger partial charge >= 0.3 is 0 Å². The molecule has 2 nitrogen and oxygen atoms in total. The van der Waals surface area contributed by atoms with E-state index in [9.17, 15) is 0 Å². The molecular formula is C72H45NOS. The first kappa shape index (κ1) is 42.4. The van der Waals surface area contributed by atoms with Crippen molar-refractivity contribution in [3.05, 3.63) is 317 Å². The third-order valence-corrected chi connectivity index (χ3v) is 17.7. The van der Waals surface area contributed by atoms with E-state index < -0.39 is 10.8 Å². The van der Waals surface area contributed by atoms with Crippen LogP contribution in [0.2, 0.25) is 0 Å². The summed E-state index contributed by atoms with van der Waals surface area (Å²) in [6, 6.07) is 102. The SMILES string of the molecule is c1ccc(-c2ccc(-c3ccccc3N(c3cccc4c3-c3ccccc3C43c4ccccc4Oc4ccccc43)c3cccc4c3-c3cc5ccccc5cc3C43c4ccccc4Sc4ccccc43)cc2)cc1. The van der Waals surface area contributed by atoms with Crippen LogP contribution in [0.5, 0.6) is 11.5 Å². The second-order valence-electron chi connectivity index (χ2n) is 20.2. The molecule has 16 rings (SSSR count). The van der Waals surface area contributed by atoms with E-state index in [-0.39, 0.29) is 0 Å². The molecule has 0 fully saturated rings. The monoisotopic (exact) mass is 971 g/mol. The van der Waals surface area contributed by atoms with Crippen LogP contribution in [0.25, 0.3) is 55.3 Å². The first-order valence-electron chi connectivity index (χ1n) is 25.9. The molecule has 2 spiro atoms. The lowest BCUT2D eigenvalue weighted by atomic mass is 9.66. The minimum absolute atomic E-state index is 0.591. The van der Waals surface area contributed by atoms with Gasteiger partial charge in [-0.1, -0.05) is 230 Å². The molecular weight excluding hydrogens is 927 g/mol. The Kier molecular flexibility index (Phi) is 9.14. The highest BCUT2D eigenvalue weighted by Gasteiger charge is 2.54. The van der Waals surface area contributed by atoms with E-state index in [1.807, 2.05) is 11.8 Å². The summed E-state index contributed by atoms with van der Waals surface area (Å²) in [4.78, 5) is 5.20. The number of benzene rings is 12. The molecule has 12 aromatic rings. The molecule has 4 aliphatic rings. The maximum Gasteiger partial charge on any atom is 0.132 e. The van der Waals surface area contributed by atoms with Gasteiger partial charge in [-0.3, -0.25) is 0 Å². The summed E-state index contributed by atoms with van der Waals surface area (Å²) in [7, 11) is 0. The number of hydrogen-bond donors (Lipinski definition) is 0. The van der Waals surface area contributed by atoms with Gasteiger partial charge in [0.25, 0.3) is 0 Å². The third kappa shape index (κ3) is 5.82. The number of para-hydroxylation sites is 3. The van der Waals surface area contributed by atoms with Gasteiger partial charge in [-0.25, -0.2) is 0 Å². The van der Waals surface area contributed by atoms with E-state index in [2.05, 4.69) is 278 Å². The molecule has 2 aliphatic heterocycles. The Hall–Kier alpha value is -9.15. The molecule has 0 radical (unpaired) electrons. The highest BCUT2D eigenvalue weighted by molar-refractivity contribution is 7.99. The van der Waals surface area contributed by atoms with Crippen molar-refractivity contribution in [1.29, 1.82) is 0 Å². The summed E-state index contributed by atoms with van der Waals surface area (Å²) < 4.78 is 6.82. The first-order valence-corrected chi connectivity index (χ1v) is 26.7. The zero-order valence-corrected chi connectivity index (χ0v) is 41.6. The van der Waals surface area contributed by atoms with Crippen molar-refractivity contribution < 1.29 is 4.74 Å². The molecule has 0 atom stereocenters. The third-order valence-electron chi connectivity index (χ3n) is 16.6. The van der Waals surface area contributed by atoms with Gasteiger partial charge in [0.2, 0.25) is 0 Å². The maximum absolute atomic E-state index is 6.82. The first-order chi connectivity index (χ1) is 37.2. The second kappa shape index (κ2) is 16.2. The lowest BCUT2D eigenvalue weighted by Gasteiger charge is -2.40. The molecule has 0 saturated heterocycles. The molecule has 0 amide bonds. The second-order valence-corrected chi connectivity index (χ2v) is 21.3. The normalized spacial score (nSPS) is 14.1. The van der Waals surface area contributed by atoms with E-state index >= 15 is 0 Å². The standard InChI is InChI=1S/C72H45NOS/c1-2-20-46(21-3-1)47-40-42-48(43-41-47)51-24-7-13-33-62(51)73(63-34-18-31-59-69(63)52-25-6-8-26-54(52)71(59)55-27-9-14-36-65(55)74-66-37-15-10-28-56(66)71)64-35-19-32-60-70(64)53-44-49-22-4-5-23-50(49)45-61(53)72(60)57-29-11-16-38-67(57)75-68-39-17-12-30-58(68)72/h1-45H. The molecule has 0 saturated carbocycles. The van der Waals surface area contributed by atoms with Gasteiger partial charge in [-0.05, 0) is 127 Å². The highest BCUT2D eigenvalue weighted by Crippen LogP contribution is 2.67. The Balaban J connectivity index is 1.04. The zero-order valence-electron chi connectivity index (χ0n) is 40.7. The van der Waals surface area contributed by atoms with Gasteiger partial charge < -0.3 is 9.64 Å². The lowest BCUT2D eigenvalue weighted by Crippen LogP contribution is -2.32. The van der Waals surface area contributed by atoms with E-state index in [4.69, 9.17) is 4.74 Å². The number of hydrogen-bond acceptors (Lipinski definition) is 3. The molecule has 0 aromatic heterocycles. The fourth-order valence-corrected chi connectivity index (χ4v) is 14.8. The Morgan fingerprint density at radius 2 is 0.720 bits per heavy atom. The smallest absolute Gasteiger partial charge is 0.132 e. The predicted molar refractivity (Wildman–Crippen MR) is 308 cm³/mol. The molecule has 350 valence electrons. The highest BCUT2D eigenvalue weighted by atomic mass is 32.2. The van der Waals surface area contributed by atoms with Gasteiger partial charge in [-0.15, -0.1) is 0 Å². The molecule has 0 N–H and O–H groups in total. The fraction of sp³-hybridized carbons (Fsp3) is 0.0278. The molecule has 0 unspecified atom stereocenters. The summed E-state index contributed by atoms with van der Waals surface area (Å²) >= 11 is 1.89. The number of ether oxygens (including phenoxy) is 1. The van der Waals surface area contributed by atoms with Gasteiger partial charge in [0.05, 0.1) is 27.9 Å². The van der Waals surface area contributed by atoms with Crippen molar-refractivity contribution in [2.24, 2.45) is 0 Å². The van der Waals surface area contributed by atoms with Crippen molar-refractivity contribution in [3.63, 3.8) is 0 Å². The minimum atomic E-state index is -0.646. The maximum atomic E-state index is 6.82. The zero-order chi connectivity index (χ0) is 49.2. The van der Waals surface area contributed by atoms with Crippen LogP contribution in [0.3, 0.4) is 0 Å². The summed E-state index contributed by atoms with van der Waals surface area (Å²) in [6.45, 7) is 0. The van der Waals surface area contributed by atoms with Crippen LogP contribution < -0.4 is 9.64 Å². The Morgan fingerprint density at radius 1 is 0.280 bits per heavy atom. The number of fused-ring (bicyclic) bond motifs is 19. The van der Waals surface area contributed by atoms with Gasteiger partial charge in [-0.2, -0.15) is 0 Å². The molecule has 2 heterocycles. The van der Waals surface area contributed by atoms with E-state index in [0.29, 0.717) is 0 Å². The number of nitrogens with zero attached hydrogens (tertiary/aromatic N) is 1. The van der Waals surface area contributed by atoms with E-state index in [0.717, 1.165) is 50.8 Å². The molecule has 3 heteroatoms. The summed E-state index contributed by atoms with van der Waals surface area (Å²) in [5, 5.41) is 2.46. The summed E-state index contributed by atoms with van der Waals surface area (Å²) in [5.74, 6) is 1.76. The summed E-state index contributed by atoms with van der Waals surface area (Å²) in [6.07, 6.45) is 0. The van der Waals surface area contributed by atoms with Gasteiger partial charge in [0, 0.05) is 37.6 Å². The molecule has 0 bridgehead atoms. The average Bonchev–Trinajstić information content (AvgIpc) is 4.17. The Labute approximate surface area is 440 Å². The minimum Gasteiger partial charge on any atom is -0.457 e. The van der Waals surface area contributed by atoms with Crippen LogP contribution in [-0.4, -0.2) is 0 Å². The average molecular weight is 972 g/mol. The quantitative estimate of drug-likeness (QED) is 0.171. The van der Waals surface area contributed by atoms with Crippen LogP contribution in [0, 0.1) is 0 Å². The lowest BCUT2D eigenvalue weighted by molar-refractivity contribution is 0.436. The fourth-order valence-electron chi connectivity index (χ4n) is 13.6. The number of anilines is 3. The van der Waals surface area contributed by atoms with Gasteiger partial charge in [0.1, 0.15) is 11.5 Å². The van der Waals surface area contributed by atoms with E-state index in [1.165, 1.54) is 87.3 Å². The topological polar surface area (TPSA) is 12.5 Å². The van der Waals surface area contributed by atoms with Crippen LogP contribution >= 0.6 is 11.8 Å². The predicted octanol–water partition coefficient (Wildman–Crippen LogP) is 18.9. The van der Waals surface area contributed by atoms with Crippen LogP contribution in [0.15, 0.2) is 283 Å². The van der Waals surface area contributed by atoms with Crippen molar-refractivity contribution in [2.75, 3.05) is 4.90 Å². The van der Waals surface area contributed by atoms with Crippen LogP contribution in [-0.2, 0) is 10.8 Å². The van der Waals surface area contributed by atoms with Crippen LogP contribution in [0.4, 0.5) is 17.1 Å². The Morgan fingerprint density at radius 3 is 1.37 bits per heavy atom. The number of rotatable bonds is 5. The molecule has 75 heavy (non-hydrogen) atoms. The van der Waals surface area contributed by atoms with Crippen molar-refractivity contribution in [3.8, 4) is 56.0 Å². The summed E-state index contributed by atoms with van der Waals surface area (Å²) in [5.41, 5.74) is 21.7. The molecule has 12 aromatic carbocycles. The van der Waals surface area contributed by atoms with Crippen LogP contribution in [0.1, 0.15) is 44.5 Å². The van der Waals surface area contributed by atoms with Crippen molar-refractivity contribution >= 4 is 39.6 Å². The van der Waals surface area contributed by atoms with Crippen molar-refractivity contribution in [1.82, 2.24) is 0 Å². The van der Waals surface area contributed by atoms with Crippen molar-refractivity contribution in [2.45, 2.75) is 20.6 Å². The Bertz CT molecular complexity index is 4230.